The van der Waals surface area contributed by atoms with Crippen LogP contribution in [0.15, 0.2) is 24.3 Å². The largest absolute Gasteiger partial charge is 0.436 e. The summed E-state index contributed by atoms with van der Waals surface area (Å²) in [4.78, 5) is 39.8. The van der Waals surface area contributed by atoms with Gasteiger partial charge in [-0.1, -0.05) is 12.1 Å². The molecule has 1 aromatic carbocycles. The van der Waals surface area contributed by atoms with Crippen LogP contribution >= 0.6 is 0 Å². The molecule has 1 unspecified atom stereocenters. The maximum Gasteiger partial charge on any atom is 0.412 e. The lowest BCUT2D eigenvalue weighted by atomic mass is 10.3. The molecule has 0 spiro atoms. The van der Waals surface area contributed by atoms with Crippen molar-refractivity contribution < 1.29 is 19.1 Å². The molecule has 8 nitrogen and oxygen atoms in total. The van der Waals surface area contributed by atoms with Crippen LogP contribution in [0.1, 0.15) is 18.9 Å². The molecule has 1 N–H and O–H groups in total. The summed E-state index contributed by atoms with van der Waals surface area (Å²) in [5.74, 6) is 0.131. The molecule has 22 heavy (non-hydrogen) atoms. The molecule has 1 aliphatic rings. The number of hydrogen-bond acceptors (Lipinski definition) is 5. The summed E-state index contributed by atoms with van der Waals surface area (Å²) in [6.45, 7) is 1.65. The van der Waals surface area contributed by atoms with Gasteiger partial charge in [-0.25, -0.2) is 9.78 Å². The van der Waals surface area contributed by atoms with Gasteiger partial charge in [0.1, 0.15) is 0 Å². The fraction of sp³-hybridized carbons (Fsp3) is 0.286. The van der Waals surface area contributed by atoms with Crippen molar-refractivity contribution in [3.63, 3.8) is 0 Å². The van der Waals surface area contributed by atoms with Crippen LogP contribution in [0.2, 0.25) is 0 Å². The zero-order chi connectivity index (χ0) is 15.7. The van der Waals surface area contributed by atoms with Crippen molar-refractivity contribution in [2.75, 3.05) is 13.2 Å². The minimum atomic E-state index is -0.654. The van der Waals surface area contributed by atoms with Crippen molar-refractivity contribution in [2.24, 2.45) is 0 Å². The van der Waals surface area contributed by atoms with Gasteiger partial charge in [0.05, 0.1) is 24.2 Å². The first-order valence-electron chi connectivity index (χ1n) is 6.72. The average Bonchev–Trinajstić information content (AvgIpc) is 3.05. The number of nitrogens with zero attached hydrogens (tertiary/aromatic N) is 3. The number of carbonyl (C=O) groups is 3. The third-order valence-electron chi connectivity index (χ3n) is 3.42. The Morgan fingerprint density at radius 2 is 2.27 bits per heavy atom. The molecular weight excluding hydrogens is 288 g/mol. The van der Waals surface area contributed by atoms with Gasteiger partial charge < -0.3 is 10.1 Å². The third-order valence-corrected chi connectivity index (χ3v) is 3.42. The van der Waals surface area contributed by atoms with E-state index < -0.39 is 12.2 Å². The highest BCUT2D eigenvalue weighted by molar-refractivity contribution is 5.83. The molecule has 2 amide bonds. The molecule has 8 heteroatoms. The van der Waals surface area contributed by atoms with E-state index in [0.717, 1.165) is 0 Å². The van der Waals surface area contributed by atoms with E-state index in [-0.39, 0.29) is 19.1 Å². The number of fused-ring (bicyclic) bond motifs is 1. The summed E-state index contributed by atoms with van der Waals surface area (Å²) in [7, 11) is 0. The van der Waals surface area contributed by atoms with Crippen molar-refractivity contribution in [3.05, 3.63) is 30.1 Å². The first-order valence-corrected chi connectivity index (χ1v) is 6.72. The molecule has 0 saturated carbocycles. The molecule has 1 saturated heterocycles. The molecule has 0 aliphatic carbocycles. The Morgan fingerprint density at radius 3 is 3.00 bits per heavy atom. The molecule has 3 rings (SSSR count). The van der Waals surface area contributed by atoms with E-state index in [0.29, 0.717) is 23.3 Å². The molecule has 1 atom stereocenters. The average molecular weight is 302 g/mol. The van der Waals surface area contributed by atoms with E-state index in [1.54, 1.807) is 18.2 Å². The quantitative estimate of drug-likeness (QED) is 0.837. The maximum absolute atomic E-state index is 11.8. The van der Waals surface area contributed by atoms with Crippen LogP contribution in [0.25, 0.3) is 11.0 Å². The third kappa shape index (κ3) is 2.39. The number of benzene rings is 1. The van der Waals surface area contributed by atoms with Crippen molar-refractivity contribution in [3.8, 4) is 0 Å². The second-order valence-electron chi connectivity index (χ2n) is 4.92. The first-order chi connectivity index (χ1) is 10.6. The highest BCUT2D eigenvalue weighted by Crippen LogP contribution is 2.27. The second-order valence-corrected chi connectivity index (χ2v) is 4.92. The fourth-order valence-electron chi connectivity index (χ4n) is 2.38. The Morgan fingerprint density at radius 1 is 1.50 bits per heavy atom. The van der Waals surface area contributed by atoms with Crippen LogP contribution < -0.4 is 5.32 Å². The number of cyclic esters (lactones) is 1. The van der Waals surface area contributed by atoms with Crippen LogP contribution in [0.3, 0.4) is 0 Å². The Bertz CT molecular complexity index is 754. The topological polar surface area (TPSA) is 93.5 Å². The zero-order valence-corrected chi connectivity index (χ0v) is 11.9. The summed E-state index contributed by atoms with van der Waals surface area (Å²) < 4.78 is 6.63. The number of rotatable bonds is 4. The minimum Gasteiger partial charge on any atom is -0.436 e. The molecular formula is C14H14N4O4. The second kappa shape index (κ2) is 5.47. The van der Waals surface area contributed by atoms with E-state index in [1.165, 1.54) is 16.4 Å². The maximum atomic E-state index is 11.8. The summed E-state index contributed by atoms with van der Waals surface area (Å²) >= 11 is 0. The zero-order valence-electron chi connectivity index (χ0n) is 11.9. The highest BCUT2D eigenvalue weighted by atomic mass is 16.6. The van der Waals surface area contributed by atoms with E-state index in [2.05, 4.69) is 10.3 Å². The number of imidazole rings is 1. The van der Waals surface area contributed by atoms with Crippen LogP contribution in [0, 0.1) is 0 Å². The summed E-state index contributed by atoms with van der Waals surface area (Å²) in [6.07, 6.45) is -0.559. The summed E-state index contributed by atoms with van der Waals surface area (Å²) in [5, 5.41) is 2.53. The molecule has 0 bridgehead atoms. The number of hydrogen-bond donors (Lipinski definition) is 1. The van der Waals surface area contributed by atoms with Crippen LogP contribution in [0.5, 0.6) is 0 Å². The summed E-state index contributed by atoms with van der Waals surface area (Å²) in [5.41, 5.74) is 1.31. The monoisotopic (exact) mass is 302 g/mol. The molecule has 1 aromatic heterocycles. The minimum absolute atomic E-state index is 0.0615. The highest BCUT2D eigenvalue weighted by Gasteiger charge is 2.35. The number of amides is 2. The normalized spacial score (nSPS) is 17.6. The number of ether oxygens (including phenoxy) is 1. The lowest BCUT2D eigenvalue weighted by Gasteiger charge is -2.12. The van der Waals surface area contributed by atoms with E-state index in [9.17, 15) is 14.4 Å². The van der Waals surface area contributed by atoms with Crippen molar-refractivity contribution in [2.45, 2.75) is 13.0 Å². The molecule has 2 heterocycles. The Balaban J connectivity index is 1.87. The number of nitrogens with one attached hydrogen (secondary N) is 1. The van der Waals surface area contributed by atoms with Gasteiger partial charge in [-0.3, -0.25) is 19.1 Å². The van der Waals surface area contributed by atoms with Crippen LogP contribution in [0.4, 0.5) is 4.79 Å². The Kier molecular flexibility index (Phi) is 3.50. The van der Waals surface area contributed by atoms with Gasteiger partial charge >= 0.3 is 6.09 Å². The van der Waals surface area contributed by atoms with Gasteiger partial charge in [-0.2, -0.15) is 0 Å². The lowest BCUT2D eigenvalue weighted by molar-refractivity contribution is -0.119. The van der Waals surface area contributed by atoms with Gasteiger partial charge in [0.2, 0.25) is 12.3 Å². The standard InChI is InChI=1S/C14H14N4O4/c1-9(20)15-7-17-6-12(22-14(17)21)13-16-10-4-2-3-5-11(10)18(13)8-19/h2-5,8,12H,6-7H2,1H3,(H,15,20). The fourth-order valence-corrected chi connectivity index (χ4v) is 2.38. The van der Waals surface area contributed by atoms with Crippen LogP contribution in [-0.4, -0.2) is 46.1 Å². The Labute approximate surface area is 125 Å². The van der Waals surface area contributed by atoms with Gasteiger partial charge in [0, 0.05) is 6.92 Å². The molecule has 2 aromatic rings. The number of carbonyl (C=O) groups excluding carboxylic acids is 3. The molecule has 1 aliphatic heterocycles. The lowest BCUT2D eigenvalue weighted by Crippen LogP contribution is -2.37. The van der Waals surface area contributed by atoms with Crippen LogP contribution in [-0.2, 0) is 14.3 Å². The van der Waals surface area contributed by atoms with Gasteiger partial charge in [-0.05, 0) is 12.1 Å². The smallest absolute Gasteiger partial charge is 0.412 e. The van der Waals surface area contributed by atoms with E-state index >= 15 is 0 Å². The summed E-state index contributed by atoms with van der Waals surface area (Å²) in [6, 6.07) is 7.17. The van der Waals surface area contributed by atoms with Crippen molar-refractivity contribution in [1.29, 1.82) is 0 Å². The predicted octanol–water partition coefficient (Wildman–Crippen LogP) is 0.661. The SMILES string of the molecule is CC(=O)NCN1CC(c2nc3ccccc3n2C=O)OC1=O. The van der Waals surface area contributed by atoms with Crippen molar-refractivity contribution in [1.82, 2.24) is 19.8 Å². The molecule has 1 fully saturated rings. The Hall–Kier alpha value is -2.90. The molecule has 0 radical (unpaired) electrons. The van der Waals surface area contributed by atoms with E-state index in [4.69, 9.17) is 4.74 Å². The van der Waals surface area contributed by atoms with Gasteiger partial charge in [-0.15, -0.1) is 0 Å². The number of para-hydroxylation sites is 2. The van der Waals surface area contributed by atoms with Gasteiger partial charge in [0.25, 0.3) is 0 Å². The first kappa shape index (κ1) is 14.1. The number of aromatic nitrogens is 2. The predicted molar refractivity (Wildman–Crippen MR) is 76.5 cm³/mol. The van der Waals surface area contributed by atoms with Crippen molar-refractivity contribution >= 4 is 29.4 Å². The van der Waals surface area contributed by atoms with E-state index in [1.807, 2.05) is 6.07 Å². The van der Waals surface area contributed by atoms with Gasteiger partial charge in [0.15, 0.2) is 11.9 Å². The molecule has 114 valence electrons.